The van der Waals surface area contributed by atoms with Gasteiger partial charge in [0.25, 0.3) is 0 Å². The Morgan fingerprint density at radius 2 is 1.97 bits per heavy atom. The summed E-state index contributed by atoms with van der Waals surface area (Å²) in [4.78, 5) is 13.9. The largest absolute Gasteiger partial charge is 0.501 e. The number of hydrogen-bond donors (Lipinski definition) is 0. The van der Waals surface area contributed by atoms with Crippen LogP contribution in [0.5, 0.6) is 0 Å². The van der Waals surface area contributed by atoms with Gasteiger partial charge in [-0.15, -0.1) is 0 Å². The zero-order valence-corrected chi connectivity index (χ0v) is 18.2. The van der Waals surface area contributed by atoms with E-state index in [4.69, 9.17) is 23.7 Å². The predicted molar refractivity (Wildman–Crippen MR) is 107 cm³/mol. The first-order valence-corrected chi connectivity index (χ1v) is 11.4. The Labute approximate surface area is 177 Å². The lowest BCUT2D eigenvalue weighted by Gasteiger charge is -2.58. The molecule has 0 aromatic heterocycles. The molecular formula is C24H32O6. The van der Waals surface area contributed by atoms with E-state index in [9.17, 15) is 4.79 Å². The second-order valence-corrected chi connectivity index (χ2v) is 10.6. The molecule has 6 nitrogen and oxygen atoms in total. The second kappa shape index (κ2) is 6.18. The summed E-state index contributed by atoms with van der Waals surface area (Å²) in [5, 5.41) is 0. The van der Waals surface area contributed by atoms with E-state index in [1.807, 2.05) is 0 Å². The molecule has 7 atom stereocenters. The van der Waals surface area contributed by atoms with Crippen molar-refractivity contribution in [3.05, 3.63) is 23.5 Å². The molecule has 4 fully saturated rings. The van der Waals surface area contributed by atoms with Crippen LogP contribution in [-0.2, 0) is 28.5 Å². The number of carbonyl (C=O) groups excluding carboxylic acids is 1. The lowest BCUT2D eigenvalue weighted by Crippen LogP contribution is -2.65. The van der Waals surface area contributed by atoms with Crippen molar-refractivity contribution in [3.8, 4) is 0 Å². The van der Waals surface area contributed by atoms with E-state index in [1.165, 1.54) is 5.57 Å². The summed E-state index contributed by atoms with van der Waals surface area (Å²) in [5.41, 5.74) is 0.277. The maximum atomic E-state index is 13.9. The normalized spacial score (nSPS) is 52.1. The SMILES string of the molecule is COC1=CC2=CC[C@@H]3[C@@H](C(=O)C[C@@]4(C)[C@@H]3CC[C@]43OCO[C@]34COCO4)[C@@]2(C)CC1. The summed E-state index contributed by atoms with van der Waals surface area (Å²) in [6.45, 7) is 5.37. The van der Waals surface area contributed by atoms with Crippen molar-refractivity contribution in [2.45, 2.75) is 63.8 Å². The van der Waals surface area contributed by atoms with Gasteiger partial charge >= 0.3 is 0 Å². The van der Waals surface area contributed by atoms with E-state index < -0.39 is 11.4 Å². The van der Waals surface area contributed by atoms with Crippen molar-refractivity contribution in [3.63, 3.8) is 0 Å². The highest BCUT2D eigenvalue weighted by Gasteiger charge is 2.76. The van der Waals surface area contributed by atoms with Crippen LogP contribution in [0.1, 0.15) is 52.4 Å². The first kappa shape index (κ1) is 19.5. The van der Waals surface area contributed by atoms with E-state index in [2.05, 4.69) is 26.0 Å². The molecule has 6 aliphatic rings. The van der Waals surface area contributed by atoms with Gasteiger partial charge in [-0.05, 0) is 49.2 Å². The van der Waals surface area contributed by atoms with Gasteiger partial charge in [0.15, 0.2) is 13.6 Å². The van der Waals surface area contributed by atoms with Crippen molar-refractivity contribution in [1.82, 2.24) is 0 Å². The van der Waals surface area contributed by atoms with Crippen LogP contribution in [0.15, 0.2) is 23.5 Å². The van der Waals surface area contributed by atoms with Crippen LogP contribution in [-0.4, -0.2) is 44.5 Å². The number of ketones is 1. The number of methoxy groups -OCH3 is 1. The summed E-state index contributed by atoms with van der Waals surface area (Å²) in [6.07, 6.45) is 9.79. The summed E-state index contributed by atoms with van der Waals surface area (Å²) in [6, 6.07) is 0. The van der Waals surface area contributed by atoms with Crippen LogP contribution < -0.4 is 0 Å². The lowest BCUT2D eigenvalue weighted by molar-refractivity contribution is -0.245. The smallest absolute Gasteiger partial charge is 0.226 e. The summed E-state index contributed by atoms with van der Waals surface area (Å²) in [7, 11) is 1.74. The fourth-order valence-corrected chi connectivity index (χ4v) is 8.27. The van der Waals surface area contributed by atoms with E-state index in [1.54, 1.807) is 7.11 Å². The van der Waals surface area contributed by atoms with E-state index in [0.717, 1.165) is 37.9 Å². The van der Waals surface area contributed by atoms with Crippen LogP contribution in [0.25, 0.3) is 0 Å². The van der Waals surface area contributed by atoms with Gasteiger partial charge < -0.3 is 23.7 Å². The molecule has 0 aromatic rings. The van der Waals surface area contributed by atoms with Gasteiger partial charge in [-0.2, -0.15) is 0 Å². The molecule has 0 unspecified atom stereocenters. The predicted octanol–water partition coefficient (Wildman–Crippen LogP) is 3.71. The van der Waals surface area contributed by atoms with E-state index in [0.29, 0.717) is 30.6 Å². The van der Waals surface area contributed by atoms with Crippen molar-refractivity contribution < 1.29 is 28.5 Å². The van der Waals surface area contributed by atoms with Gasteiger partial charge in [0.2, 0.25) is 5.79 Å². The Kier molecular flexibility index (Phi) is 4.01. The summed E-state index contributed by atoms with van der Waals surface area (Å²) >= 11 is 0. The van der Waals surface area contributed by atoms with Crippen LogP contribution in [0.4, 0.5) is 0 Å². The Hall–Kier alpha value is -1.21. The second-order valence-electron chi connectivity index (χ2n) is 10.6. The summed E-state index contributed by atoms with van der Waals surface area (Å²) in [5.74, 6) is 1.36. The molecule has 6 rings (SSSR count). The molecule has 0 amide bonds. The molecule has 2 spiro atoms. The van der Waals surface area contributed by atoms with Crippen LogP contribution >= 0.6 is 0 Å². The number of hydrogen-bond acceptors (Lipinski definition) is 6. The molecule has 30 heavy (non-hydrogen) atoms. The minimum atomic E-state index is -0.871. The topological polar surface area (TPSA) is 63.2 Å². The van der Waals surface area contributed by atoms with Crippen LogP contribution in [0.2, 0.25) is 0 Å². The van der Waals surface area contributed by atoms with E-state index >= 15 is 0 Å². The van der Waals surface area contributed by atoms with Gasteiger partial charge in [-0.25, -0.2) is 0 Å². The number of allylic oxidation sites excluding steroid dienone is 4. The third-order valence-corrected chi connectivity index (χ3v) is 9.69. The maximum absolute atomic E-state index is 13.9. The number of carbonyl (C=O) groups is 1. The van der Waals surface area contributed by atoms with Gasteiger partial charge in [0.05, 0.1) is 12.9 Å². The fraction of sp³-hybridized carbons (Fsp3) is 0.792. The Morgan fingerprint density at radius 1 is 1.13 bits per heavy atom. The molecule has 2 saturated carbocycles. The van der Waals surface area contributed by atoms with Crippen molar-refractivity contribution in [2.75, 3.05) is 27.3 Å². The average molecular weight is 417 g/mol. The molecule has 6 heteroatoms. The van der Waals surface area contributed by atoms with Crippen molar-refractivity contribution in [1.29, 1.82) is 0 Å². The number of fused-ring (bicyclic) bond motifs is 7. The lowest BCUT2D eigenvalue weighted by atomic mass is 9.46. The monoisotopic (exact) mass is 416 g/mol. The van der Waals surface area contributed by atoms with Crippen molar-refractivity contribution >= 4 is 5.78 Å². The molecule has 2 aliphatic heterocycles. The highest BCUT2D eigenvalue weighted by atomic mass is 16.9. The minimum absolute atomic E-state index is 0.0689. The van der Waals surface area contributed by atoms with Gasteiger partial charge in [-0.3, -0.25) is 4.79 Å². The van der Waals surface area contributed by atoms with Gasteiger partial charge in [-0.1, -0.05) is 19.9 Å². The zero-order chi connectivity index (χ0) is 20.8. The zero-order valence-electron chi connectivity index (χ0n) is 18.2. The molecule has 2 heterocycles. The molecule has 4 aliphatic carbocycles. The molecule has 0 aromatic carbocycles. The standard InChI is InChI=1S/C24H32O6/c1-21-8-6-16(26-3)10-15(21)4-5-17-18-7-9-23(22(18,2)11-19(25)20(17)21)24(30-14-28-23)12-27-13-29-24/h4,10,17-18,20H,5-9,11-14H2,1-3H3/t17-,18+,20-,21-,22-,23-,24+/m0/s1. The van der Waals surface area contributed by atoms with Crippen LogP contribution in [0, 0.1) is 28.6 Å². The van der Waals surface area contributed by atoms with Gasteiger partial charge in [0.1, 0.15) is 18.0 Å². The molecule has 164 valence electrons. The number of Topliss-reactive ketones (excluding diaryl/α,β-unsaturated/α-hetero) is 1. The highest BCUT2D eigenvalue weighted by molar-refractivity contribution is 5.85. The first-order valence-electron chi connectivity index (χ1n) is 11.4. The van der Waals surface area contributed by atoms with Crippen LogP contribution in [0.3, 0.4) is 0 Å². The molecule has 0 N–H and O–H groups in total. The van der Waals surface area contributed by atoms with E-state index in [-0.39, 0.29) is 30.3 Å². The fourth-order valence-electron chi connectivity index (χ4n) is 8.27. The Morgan fingerprint density at radius 3 is 2.73 bits per heavy atom. The van der Waals surface area contributed by atoms with Gasteiger partial charge in [0, 0.05) is 29.6 Å². The highest BCUT2D eigenvalue weighted by Crippen LogP contribution is 2.70. The average Bonchev–Trinajstić information content (AvgIpc) is 3.42. The molecule has 2 saturated heterocycles. The maximum Gasteiger partial charge on any atom is 0.226 e. The first-order chi connectivity index (χ1) is 14.4. The summed E-state index contributed by atoms with van der Waals surface area (Å²) < 4.78 is 29.6. The Bertz CT molecular complexity index is 835. The quantitative estimate of drug-likeness (QED) is 0.649. The van der Waals surface area contributed by atoms with Crippen molar-refractivity contribution in [2.24, 2.45) is 28.6 Å². The molecule has 0 bridgehead atoms. The minimum Gasteiger partial charge on any atom is -0.501 e. The molecule has 0 radical (unpaired) electrons. The number of rotatable bonds is 1. The number of ether oxygens (including phenoxy) is 5. The third-order valence-electron chi connectivity index (χ3n) is 9.69. The Balaban J connectivity index is 1.41. The molecular weight excluding hydrogens is 384 g/mol. The third kappa shape index (κ3) is 2.11.